The van der Waals surface area contributed by atoms with E-state index in [4.69, 9.17) is 4.74 Å². The minimum atomic E-state index is -0.277. The van der Waals surface area contributed by atoms with Crippen LogP contribution in [0.1, 0.15) is 0 Å². The SMILES string of the molecule is C=CCN(C)C(=O)Nc1ccc(Oc2ccccc2)nn1. The molecule has 2 rings (SSSR count). The summed E-state index contributed by atoms with van der Waals surface area (Å²) in [6.45, 7) is 4.03. The van der Waals surface area contributed by atoms with Crippen LogP contribution in [0.25, 0.3) is 0 Å². The molecule has 0 radical (unpaired) electrons. The molecule has 108 valence electrons. The molecule has 0 saturated carbocycles. The maximum Gasteiger partial charge on any atom is 0.323 e. The molecule has 2 aromatic rings. The Morgan fingerprint density at radius 1 is 1.29 bits per heavy atom. The number of nitrogens with zero attached hydrogens (tertiary/aromatic N) is 3. The van der Waals surface area contributed by atoms with E-state index in [2.05, 4.69) is 22.1 Å². The van der Waals surface area contributed by atoms with Crippen LogP contribution in [0, 0.1) is 0 Å². The van der Waals surface area contributed by atoms with E-state index in [1.807, 2.05) is 30.3 Å². The molecule has 0 aliphatic heterocycles. The van der Waals surface area contributed by atoms with Crippen molar-refractivity contribution in [2.24, 2.45) is 0 Å². The van der Waals surface area contributed by atoms with Gasteiger partial charge in [-0.05, 0) is 18.2 Å². The van der Waals surface area contributed by atoms with Crippen molar-refractivity contribution in [1.29, 1.82) is 0 Å². The number of hydrogen-bond acceptors (Lipinski definition) is 4. The highest BCUT2D eigenvalue weighted by atomic mass is 16.5. The van der Waals surface area contributed by atoms with Crippen LogP contribution in [-0.2, 0) is 0 Å². The molecule has 1 heterocycles. The van der Waals surface area contributed by atoms with E-state index in [1.165, 1.54) is 4.90 Å². The van der Waals surface area contributed by atoms with E-state index < -0.39 is 0 Å². The molecular formula is C15H16N4O2. The summed E-state index contributed by atoms with van der Waals surface area (Å²) in [4.78, 5) is 13.2. The van der Waals surface area contributed by atoms with E-state index in [0.29, 0.717) is 24.0 Å². The van der Waals surface area contributed by atoms with Gasteiger partial charge >= 0.3 is 6.03 Å². The Morgan fingerprint density at radius 3 is 2.67 bits per heavy atom. The molecule has 0 bridgehead atoms. The molecule has 1 N–H and O–H groups in total. The Kier molecular flexibility index (Phi) is 4.87. The zero-order chi connectivity index (χ0) is 15.1. The number of aromatic nitrogens is 2. The zero-order valence-corrected chi connectivity index (χ0v) is 11.7. The van der Waals surface area contributed by atoms with E-state index in [-0.39, 0.29) is 6.03 Å². The lowest BCUT2D eigenvalue weighted by Crippen LogP contribution is -2.31. The van der Waals surface area contributed by atoms with Gasteiger partial charge in [0.2, 0.25) is 5.88 Å². The maximum atomic E-state index is 11.7. The van der Waals surface area contributed by atoms with Crippen molar-refractivity contribution < 1.29 is 9.53 Å². The molecule has 21 heavy (non-hydrogen) atoms. The number of para-hydroxylation sites is 1. The first kappa shape index (κ1) is 14.5. The predicted molar refractivity (Wildman–Crippen MR) is 80.4 cm³/mol. The van der Waals surface area contributed by atoms with Crippen molar-refractivity contribution >= 4 is 11.8 Å². The van der Waals surface area contributed by atoms with Crippen LogP contribution in [0.2, 0.25) is 0 Å². The lowest BCUT2D eigenvalue weighted by atomic mass is 10.3. The highest BCUT2D eigenvalue weighted by Gasteiger charge is 2.08. The molecule has 1 aromatic carbocycles. The summed E-state index contributed by atoms with van der Waals surface area (Å²) in [5.74, 6) is 1.39. The number of benzene rings is 1. The first-order valence-corrected chi connectivity index (χ1v) is 6.38. The molecule has 6 nitrogen and oxygen atoms in total. The average molecular weight is 284 g/mol. The van der Waals surface area contributed by atoms with Gasteiger partial charge in [-0.3, -0.25) is 5.32 Å². The summed E-state index contributed by atoms with van der Waals surface area (Å²) < 4.78 is 5.51. The van der Waals surface area contributed by atoms with Crippen molar-refractivity contribution in [2.45, 2.75) is 0 Å². The smallest absolute Gasteiger partial charge is 0.323 e. The monoisotopic (exact) mass is 284 g/mol. The second-order valence-electron chi connectivity index (χ2n) is 4.27. The second-order valence-corrected chi connectivity index (χ2v) is 4.27. The van der Waals surface area contributed by atoms with Crippen molar-refractivity contribution in [3.05, 3.63) is 55.1 Å². The number of rotatable bonds is 5. The molecular weight excluding hydrogens is 268 g/mol. The van der Waals surface area contributed by atoms with Gasteiger partial charge in [0.1, 0.15) is 5.75 Å². The number of likely N-dealkylation sites (N-methyl/N-ethyl adjacent to an activating group) is 1. The Labute approximate surface area is 123 Å². The molecule has 0 saturated heterocycles. The van der Waals surface area contributed by atoms with E-state index in [0.717, 1.165) is 0 Å². The Balaban J connectivity index is 1.96. The number of nitrogens with one attached hydrogen (secondary N) is 1. The molecule has 0 aliphatic rings. The van der Waals surface area contributed by atoms with E-state index >= 15 is 0 Å². The quantitative estimate of drug-likeness (QED) is 0.857. The minimum absolute atomic E-state index is 0.277. The summed E-state index contributed by atoms with van der Waals surface area (Å²) in [7, 11) is 1.66. The van der Waals surface area contributed by atoms with Gasteiger partial charge < -0.3 is 9.64 Å². The molecule has 0 unspecified atom stereocenters. The molecule has 0 spiro atoms. The first-order valence-electron chi connectivity index (χ1n) is 6.38. The standard InChI is InChI=1S/C15H16N4O2/c1-3-11-19(2)15(20)16-13-9-10-14(18-17-13)21-12-7-5-4-6-8-12/h3-10H,1,11H2,2H3,(H,16,17,20). The normalized spacial score (nSPS) is 9.76. The van der Waals surface area contributed by atoms with Crippen LogP contribution in [0.5, 0.6) is 11.6 Å². The van der Waals surface area contributed by atoms with Gasteiger partial charge in [0.25, 0.3) is 0 Å². The highest BCUT2D eigenvalue weighted by Crippen LogP contribution is 2.18. The molecule has 2 amide bonds. The molecule has 0 aliphatic carbocycles. The first-order chi connectivity index (χ1) is 10.2. The topological polar surface area (TPSA) is 67.4 Å². The van der Waals surface area contributed by atoms with Gasteiger partial charge in [0.15, 0.2) is 5.82 Å². The third-order valence-electron chi connectivity index (χ3n) is 2.59. The van der Waals surface area contributed by atoms with Crippen LogP contribution >= 0.6 is 0 Å². The third-order valence-corrected chi connectivity index (χ3v) is 2.59. The van der Waals surface area contributed by atoms with E-state index in [9.17, 15) is 4.79 Å². The van der Waals surface area contributed by atoms with Crippen LogP contribution < -0.4 is 10.1 Å². The minimum Gasteiger partial charge on any atom is -0.438 e. The van der Waals surface area contributed by atoms with Crippen molar-refractivity contribution in [3.8, 4) is 11.6 Å². The zero-order valence-electron chi connectivity index (χ0n) is 11.7. The fraction of sp³-hybridized carbons (Fsp3) is 0.133. The summed E-state index contributed by atoms with van der Waals surface area (Å²) >= 11 is 0. The second kappa shape index (κ2) is 7.04. The molecule has 0 atom stereocenters. The van der Waals surface area contributed by atoms with Gasteiger partial charge in [0.05, 0.1) is 0 Å². The van der Waals surface area contributed by atoms with Crippen LogP contribution in [-0.4, -0.2) is 34.7 Å². The molecule has 0 fully saturated rings. The fourth-order valence-corrected chi connectivity index (χ4v) is 1.53. The van der Waals surface area contributed by atoms with Gasteiger partial charge in [-0.2, -0.15) is 0 Å². The van der Waals surface area contributed by atoms with Gasteiger partial charge in [-0.25, -0.2) is 4.79 Å². The number of ether oxygens (including phenoxy) is 1. The lowest BCUT2D eigenvalue weighted by molar-refractivity contribution is 0.226. The number of amides is 2. The van der Waals surface area contributed by atoms with Crippen LogP contribution in [0.3, 0.4) is 0 Å². The number of carbonyl (C=O) groups excluding carboxylic acids is 1. The summed E-state index contributed by atoms with van der Waals surface area (Å²) in [5.41, 5.74) is 0. The number of anilines is 1. The van der Waals surface area contributed by atoms with Gasteiger partial charge in [0, 0.05) is 19.7 Å². The van der Waals surface area contributed by atoms with Gasteiger partial charge in [-0.1, -0.05) is 24.3 Å². The summed E-state index contributed by atoms with van der Waals surface area (Å²) in [6.07, 6.45) is 1.64. The Morgan fingerprint density at radius 2 is 2.05 bits per heavy atom. The van der Waals surface area contributed by atoms with Crippen molar-refractivity contribution in [3.63, 3.8) is 0 Å². The van der Waals surface area contributed by atoms with Crippen molar-refractivity contribution in [2.75, 3.05) is 18.9 Å². The molecule has 1 aromatic heterocycles. The van der Waals surface area contributed by atoms with Crippen LogP contribution in [0.15, 0.2) is 55.1 Å². The number of urea groups is 1. The average Bonchev–Trinajstić information content (AvgIpc) is 2.50. The van der Waals surface area contributed by atoms with Gasteiger partial charge in [-0.15, -0.1) is 16.8 Å². The number of carbonyl (C=O) groups is 1. The van der Waals surface area contributed by atoms with Crippen molar-refractivity contribution in [1.82, 2.24) is 15.1 Å². The lowest BCUT2D eigenvalue weighted by Gasteiger charge is -2.15. The Bertz CT molecular complexity index is 599. The van der Waals surface area contributed by atoms with E-state index in [1.54, 1.807) is 25.3 Å². The predicted octanol–water partition coefficient (Wildman–Crippen LogP) is 2.92. The molecule has 6 heteroatoms. The third kappa shape index (κ3) is 4.31. The summed E-state index contributed by atoms with van der Waals surface area (Å²) in [5, 5.41) is 10.4. The summed E-state index contributed by atoms with van der Waals surface area (Å²) in [6, 6.07) is 12.3. The number of hydrogen-bond donors (Lipinski definition) is 1. The highest BCUT2D eigenvalue weighted by molar-refractivity contribution is 5.88. The fourth-order valence-electron chi connectivity index (χ4n) is 1.53. The van der Waals surface area contributed by atoms with Crippen LogP contribution in [0.4, 0.5) is 10.6 Å². The Hall–Kier alpha value is -2.89. The maximum absolute atomic E-state index is 11.7. The largest absolute Gasteiger partial charge is 0.438 e.